The van der Waals surface area contributed by atoms with Crippen LogP contribution in [0.4, 0.5) is 0 Å². The van der Waals surface area contributed by atoms with Gasteiger partial charge in [-0.2, -0.15) is 0 Å². The molecule has 104 valence electrons. The summed E-state index contributed by atoms with van der Waals surface area (Å²) in [5, 5.41) is 10.1. The van der Waals surface area contributed by atoms with Crippen molar-refractivity contribution < 1.29 is 14.7 Å². The zero-order valence-corrected chi connectivity index (χ0v) is 11.2. The number of aliphatic carboxylic acids is 1. The minimum Gasteiger partial charge on any atom is -0.481 e. The summed E-state index contributed by atoms with van der Waals surface area (Å²) in [7, 11) is 0. The molecule has 5 heteroatoms. The number of amides is 1. The molecular weight excluding hydrogens is 256 g/mol. The smallest absolute Gasteiger partial charge is 0.315 e. The topological polar surface area (TPSA) is 73.4 Å². The lowest BCUT2D eigenvalue weighted by molar-refractivity contribution is -0.150. The van der Waals surface area contributed by atoms with Crippen LogP contribution in [0.1, 0.15) is 18.2 Å². The zero-order valence-electron chi connectivity index (χ0n) is 11.2. The fourth-order valence-corrected chi connectivity index (χ4v) is 2.73. The van der Waals surface area contributed by atoms with Gasteiger partial charge < -0.3 is 15.0 Å². The number of rotatable bonds is 2. The van der Waals surface area contributed by atoms with Crippen molar-refractivity contribution in [3.8, 4) is 0 Å². The van der Waals surface area contributed by atoms with E-state index in [1.54, 1.807) is 4.90 Å². The van der Waals surface area contributed by atoms with E-state index in [2.05, 4.69) is 4.98 Å². The van der Waals surface area contributed by atoms with Gasteiger partial charge in [0, 0.05) is 41.7 Å². The van der Waals surface area contributed by atoms with Crippen molar-refractivity contribution in [1.82, 2.24) is 9.88 Å². The molecule has 5 nitrogen and oxygen atoms in total. The molecule has 0 spiro atoms. The van der Waals surface area contributed by atoms with Crippen LogP contribution < -0.4 is 0 Å². The predicted octanol–water partition coefficient (Wildman–Crippen LogP) is 1.77. The molecule has 1 amide bonds. The van der Waals surface area contributed by atoms with Crippen molar-refractivity contribution in [2.24, 2.45) is 5.92 Å². The number of carboxylic acids is 1. The van der Waals surface area contributed by atoms with Crippen LogP contribution in [-0.2, 0) is 22.6 Å². The van der Waals surface area contributed by atoms with Gasteiger partial charge in [-0.05, 0) is 13.0 Å². The van der Waals surface area contributed by atoms with Crippen molar-refractivity contribution in [3.63, 3.8) is 0 Å². The third kappa shape index (κ3) is 1.95. The summed E-state index contributed by atoms with van der Waals surface area (Å²) in [6, 6.07) is 7.98. The SMILES string of the molecule is CC(C(=O)O)C(=O)N1CCc2[nH]c3ccccc3c2C1. The number of para-hydroxylation sites is 1. The van der Waals surface area contributed by atoms with Gasteiger partial charge in [0.05, 0.1) is 0 Å². The molecule has 2 N–H and O–H groups in total. The number of nitrogens with one attached hydrogen (secondary N) is 1. The first-order chi connectivity index (χ1) is 9.58. The lowest BCUT2D eigenvalue weighted by Crippen LogP contribution is -2.41. The fourth-order valence-electron chi connectivity index (χ4n) is 2.73. The van der Waals surface area contributed by atoms with Crippen LogP contribution in [0.15, 0.2) is 24.3 Å². The number of carboxylic acid groups (broad SMARTS) is 1. The van der Waals surface area contributed by atoms with E-state index in [0.29, 0.717) is 13.1 Å². The van der Waals surface area contributed by atoms with Gasteiger partial charge in [0.25, 0.3) is 0 Å². The van der Waals surface area contributed by atoms with Crippen LogP contribution in [0.25, 0.3) is 10.9 Å². The Hall–Kier alpha value is -2.30. The maximum absolute atomic E-state index is 12.1. The molecule has 0 bridgehead atoms. The molecule has 2 aromatic rings. The highest BCUT2D eigenvalue weighted by Gasteiger charge is 2.29. The highest BCUT2D eigenvalue weighted by Crippen LogP contribution is 2.28. The van der Waals surface area contributed by atoms with E-state index in [0.717, 1.165) is 28.6 Å². The van der Waals surface area contributed by atoms with Gasteiger partial charge >= 0.3 is 5.97 Å². The molecule has 1 atom stereocenters. The van der Waals surface area contributed by atoms with E-state index >= 15 is 0 Å². The maximum atomic E-state index is 12.1. The van der Waals surface area contributed by atoms with E-state index in [-0.39, 0.29) is 5.91 Å². The second-order valence-corrected chi connectivity index (χ2v) is 5.20. The Kier molecular flexibility index (Phi) is 2.97. The molecule has 3 rings (SSSR count). The van der Waals surface area contributed by atoms with Gasteiger partial charge in [-0.3, -0.25) is 9.59 Å². The monoisotopic (exact) mass is 272 g/mol. The summed E-state index contributed by atoms with van der Waals surface area (Å²) >= 11 is 0. The highest BCUT2D eigenvalue weighted by atomic mass is 16.4. The Morgan fingerprint density at radius 1 is 1.35 bits per heavy atom. The first-order valence-electron chi connectivity index (χ1n) is 6.68. The number of hydrogen-bond donors (Lipinski definition) is 2. The molecule has 1 aliphatic rings. The third-order valence-corrected chi connectivity index (χ3v) is 3.94. The largest absolute Gasteiger partial charge is 0.481 e. The number of fused-ring (bicyclic) bond motifs is 3. The van der Waals surface area contributed by atoms with E-state index < -0.39 is 11.9 Å². The minimum atomic E-state index is -1.07. The summed E-state index contributed by atoms with van der Waals surface area (Å²) in [5.41, 5.74) is 3.33. The normalized spacial score (nSPS) is 15.9. The average molecular weight is 272 g/mol. The molecule has 1 aromatic carbocycles. The first kappa shape index (κ1) is 12.7. The number of aromatic amines is 1. The van der Waals surface area contributed by atoms with Gasteiger partial charge in [-0.25, -0.2) is 0 Å². The molecule has 0 saturated heterocycles. The first-order valence-corrected chi connectivity index (χ1v) is 6.68. The summed E-state index contributed by atoms with van der Waals surface area (Å²) < 4.78 is 0. The standard InChI is InChI=1S/C15H16N2O3/c1-9(15(19)20)14(18)17-7-6-13-11(8-17)10-4-2-3-5-12(10)16-13/h2-5,9,16H,6-8H2,1H3,(H,19,20). The third-order valence-electron chi connectivity index (χ3n) is 3.94. The average Bonchev–Trinajstić information content (AvgIpc) is 2.83. The van der Waals surface area contributed by atoms with Crippen LogP contribution in [0.2, 0.25) is 0 Å². The zero-order chi connectivity index (χ0) is 14.3. The molecule has 0 saturated carbocycles. The Bertz CT molecular complexity index is 689. The summed E-state index contributed by atoms with van der Waals surface area (Å²) in [6.45, 7) is 2.49. The number of aromatic nitrogens is 1. The lowest BCUT2D eigenvalue weighted by atomic mass is 10.0. The predicted molar refractivity (Wildman–Crippen MR) is 74.2 cm³/mol. The van der Waals surface area contributed by atoms with Crippen molar-refractivity contribution in [3.05, 3.63) is 35.5 Å². The van der Waals surface area contributed by atoms with Crippen LogP contribution in [0.3, 0.4) is 0 Å². The fraction of sp³-hybridized carbons (Fsp3) is 0.333. The van der Waals surface area contributed by atoms with Gasteiger partial charge in [-0.15, -0.1) is 0 Å². The quantitative estimate of drug-likeness (QED) is 0.818. The number of carbonyl (C=O) groups is 2. The number of H-pyrrole nitrogens is 1. The van der Waals surface area contributed by atoms with Gasteiger partial charge in [-0.1, -0.05) is 18.2 Å². The van der Waals surface area contributed by atoms with E-state index in [4.69, 9.17) is 5.11 Å². The van der Waals surface area contributed by atoms with Crippen molar-refractivity contribution >= 4 is 22.8 Å². The van der Waals surface area contributed by atoms with E-state index in [1.165, 1.54) is 6.92 Å². The van der Waals surface area contributed by atoms with Crippen molar-refractivity contribution in [2.45, 2.75) is 19.9 Å². The molecule has 20 heavy (non-hydrogen) atoms. The molecule has 1 aliphatic heterocycles. The molecule has 1 aromatic heterocycles. The highest BCUT2D eigenvalue weighted by molar-refractivity contribution is 5.97. The second-order valence-electron chi connectivity index (χ2n) is 5.20. The molecule has 1 unspecified atom stereocenters. The lowest BCUT2D eigenvalue weighted by Gasteiger charge is -2.28. The van der Waals surface area contributed by atoms with Crippen molar-refractivity contribution in [1.29, 1.82) is 0 Å². The molecule has 0 aliphatic carbocycles. The van der Waals surface area contributed by atoms with E-state index in [1.807, 2.05) is 24.3 Å². The Morgan fingerprint density at radius 2 is 2.10 bits per heavy atom. The van der Waals surface area contributed by atoms with Crippen LogP contribution in [-0.4, -0.2) is 33.4 Å². The maximum Gasteiger partial charge on any atom is 0.315 e. The summed E-state index contributed by atoms with van der Waals surface area (Å²) in [4.78, 5) is 28.1. The Morgan fingerprint density at radius 3 is 2.85 bits per heavy atom. The van der Waals surface area contributed by atoms with Crippen molar-refractivity contribution in [2.75, 3.05) is 6.54 Å². The molecule has 0 radical (unpaired) electrons. The Balaban J connectivity index is 1.91. The number of benzene rings is 1. The Labute approximate surface area is 116 Å². The molecular formula is C15H16N2O3. The van der Waals surface area contributed by atoms with E-state index in [9.17, 15) is 9.59 Å². The van der Waals surface area contributed by atoms with Crippen LogP contribution >= 0.6 is 0 Å². The number of carbonyl (C=O) groups excluding carboxylic acids is 1. The van der Waals surface area contributed by atoms with Gasteiger partial charge in [0.2, 0.25) is 5.91 Å². The molecule has 0 fully saturated rings. The van der Waals surface area contributed by atoms with Gasteiger partial charge in [0.15, 0.2) is 0 Å². The number of nitrogens with zero attached hydrogens (tertiary/aromatic N) is 1. The summed E-state index contributed by atoms with van der Waals surface area (Å²) in [5.74, 6) is -2.37. The van der Waals surface area contributed by atoms with Gasteiger partial charge in [0.1, 0.15) is 5.92 Å². The second kappa shape index (κ2) is 4.67. The van der Waals surface area contributed by atoms with Crippen LogP contribution in [0.5, 0.6) is 0 Å². The minimum absolute atomic E-state index is 0.312. The molecule has 2 heterocycles. The number of hydrogen-bond acceptors (Lipinski definition) is 2. The summed E-state index contributed by atoms with van der Waals surface area (Å²) in [6.07, 6.45) is 0.738. The van der Waals surface area contributed by atoms with Crippen LogP contribution in [0, 0.1) is 5.92 Å².